The molecule has 1 aliphatic rings. The van der Waals surface area contributed by atoms with Gasteiger partial charge in [0.25, 0.3) is 0 Å². The van der Waals surface area contributed by atoms with Crippen LogP contribution in [0, 0.1) is 0 Å². The summed E-state index contributed by atoms with van der Waals surface area (Å²) in [6.07, 6.45) is 1.44. The number of rotatable bonds is 4. The summed E-state index contributed by atoms with van der Waals surface area (Å²) in [5.41, 5.74) is 0.652. The lowest BCUT2D eigenvalue weighted by Gasteiger charge is -2.34. The van der Waals surface area contributed by atoms with Gasteiger partial charge >= 0.3 is 5.97 Å². The van der Waals surface area contributed by atoms with Crippen molar-refractivity contribution in [2.24, 2.45) is 0 Å². The number of carbonyl (C=O) groups excluding carboxylic acids is 1. The van der Waals surface area contributed by atoms with E-state index in [-0.39, 0.29) is 11.5 Å². The minimum Gasteiger partial charge on any atom is -0.478 e. The van der Waals surface area contributed by atoms with Gasteiger partial charge < -0.3 is 20.2 Å². The minimum atomic E-state index is -1.00. The third-order valence-electron chi connectivity index (χ3n) is 4.12. The highest BCUT2D eigenvalue weighted by Gasteiger charge is 2.20. The summed E-state index contributed by atoms with van der Waals surface area (Å²) < 4.78 is 0. The van der Waals surface area contributed by atoms with Crippen LogP contribution in [-0.4, -0.2) is 58.0 Å². The Kier molecular flexibility index (Phi) is 4.78. The first-order chi connectivity index (χ1) is 12.0. The summed E-state index contributed by atoms with van der Waals surface area (Å²) in [5.74, 6) is 0.342. The fraction of sp³-hybridized carbons (Fsp3) is 0.294. The number of nitrogens with one attached hydrogen (secondary N) is 1. The SMILES string of the molecule is CC(=O)N1CCN(c2cc(Nc3ccccc3C(=O)O)ncn2)CC1. The maximum Gasteiger partial charge on any atom is 0.337 e. The van der Waals surface area contributed by atoms with Crippen molar-refractivity contribution in [1.82, 2.24) is 14.9 Å². The summed E-state index contributed by atoms with van der Waals surface area (Å²) in [7, 11) is 0. The van der Waals surface area contributed by atoms with Gasteiger partial charge in [0.1, 0.15) is 18.0 Å². The Hall–Kier alpha value is -3.16. The van der Waals surface area contributed by atoms with Crippen LogP contribution in [0.2, 0.25) is 0 Å². The molecule has 0 radical (unpaired) electrons. The molecule has 1 fully saturated rings. The Morgan fingerprint density at radius 2 is 1.84 bits per heavy atom. The number of benzene rings is 1. The van der Waals surface area contributed by atoms with E-state index >= 15 is 0 Å². The van der Waals surface area contributed by atoms with Gasteiger partial charge in [-0.25, -0.2) is 14.8 Å². The van der Waals surface area contributed by atoms with Crippen molar-refractivity contribution >= 4 is 29.2 Å². The highest BCUT2D eigenvalue weighted by molar-refractivity contribution is 5.95. The van der Waals surface area contributed by atoms with Gasteiger partial charge in [-0.2, -0.15) is 0 Å². The monoisotopic (exact) mass is 341 g/mol. The molecule has 0 aliphatic carbocycles. The summed E-state index contributed by atoms with van der Waals surface area (Å²) in [4.78, 5) is 35.0. The van der Waals surface area contributed by atoms with Crippen molar-refractivity contribution in [3.63, 3.8) is 0 Å². The summed E-state index contributed by atoms with van der Waals surface area (Å²) in [6, 6.07) is 8.44. The number of piperazine rings is 1. The number of hydrogen-bond acceptors (Lipinski definition) is 6. The highest BCUT2D eigenvalue weighted by atomic mass is 16.4. The van der Waals surface area contributed by atoms with Crippen molar-refractivity contribution in [3.8, 4) is 0 Å². The van der Waals surface area contributed by atoms with Crippen molar-refractivity contribution in [2.45, 2.75) is 6.92 Å². The zero-order valence-electron chi connectivity index (χ0n) is 13.8. The Balaban J connectivity index is 1.75. The molecule has 8 heteroatoms. The molecule has 1 aromatic heterocycles. The normalized spacial score (nSPS) is 14.3. The molecule has 0 unspecified atom stereocenters. The van der Waals surface area contributed by atoms with Crippen molar-refractivity contribution in [3.05, 3.63) is 42.2 Å². The van der Waals surface area contributed by atoms with Crippen LogP contribution in [0.5, 0.6) is 0 Å². The van der Waals surface area contributed by atoms with E-state index in [4.69, 9.17) is 0 Å². The largest absolute Gasteiger partial charge is 0.478 e. The molecule has 0 bridgehead atoms. The molecule has 0 spiro atoms. The fourth-order valence-corrected chi connectivity index (χ4v) is 2.76. The first-order valence-electron chi connectivity index (χ1n) is 7.96. The van der Waals surface area contributed by atoms with Crippen LogP contribution in [0.15, 0.2) is 36.7 Å². The third-order valence-corrected chi connectivity index (χ3v) is 4.12. The van der Waals surface area contributed by atoms with Gasteiger partial charge in [0.2, 0.25) is 5.91 Å². The number of nitrogens with zero attached hydrogens (tertiary/aromatic N) is 4. The van der Waals surface area contributed by atoms with Crippen LogP contribution < -0.4 is 10.2 Å². The second-order valence-electron chi connectivity index (χ2n) is 5.73. The van der Waals surface area contributed by atoms with Crippen molar-refractivity contribution < 1.29 is 14.7 Å². The van der Waals surface area contributed by atoms with E-state index < -0.39 is 5.97 Å². The van der Waals surface area contributed by atoms with Crippen LogP contribution in [0.25, 0.3) is 0 Å². The van der Waals surface area contributed by atoms with Gasteiger partial charge in [-0.05, 0) is 12.1 Å². The molecule has 1 amide bonds. The van der Waals surface area contributed by atoms with Gasteiger partial charge in [0, 0.05) is 39.2 Å². The number of anilines is 3. The number of aromatic carboxylic acids is 1. The van der Waals surface area contributed by atoms with Crippen LogP contribution in [-0.2, 0) is 4.79 Å². The second kappa shape index (κ2) is 7.16. The first kappa shape index (κ1) is 16.7. The summed E-state index contributed by atoms with van der Waals surface area (Å²) in [6.45, 7) is 4.28. The van der Waals surface area contributed by atoms with Crippen molar-refractivity contribution in [1.29, 1.82) is 0 Å². The molecule has 3 rings (SSSR count). The first-order valence-corrected chi connectivity index (χ1v) is 7.96. The Bertz CT molecular complexity index is 787. The number of amides is 1. The molecule has 8 nitrogen and oxygen atoms in total. The van der Waals surface area contributed by atoms with Crippen molar-refractivity contribution in [2.75, 3.05) is 36.4 Å². The van der Waals surface area contributed by atoms with E-state index in [1.807, 2.05) is 0 Å². The van der Waals surface area contributed by atoms with E-state index in [1.165, 1.54) is 12.4 Å². The summed E-state index contributed by atoms with van der Waals surface area (Å²) >= 11 is 0. The van der Waals surface area contributed by atoms with Crippen LogP contribution in [0.4, 0.5) is 17.3 Å². The second-order valence-corrected chi connectivity index (χ2v) is 5.73. The average Bonchev–Trinajstić information content (AvgIpc) is 2.62. The zero-order valence-corrected chi connectivity index (χ0v) is 13.8. The van der Waals surface area contributed by atoms with E-state index in [1.54, 1.807) is 36.1 Å². The van der Waals surface area contributed by atoms with Gasteiger partial charge in [0.05, 0.1) is 11.3 Å². The summed E-state index contributed by atoms with van der Waals surface area (Å²) in [5, 5.41) is 12.3. The lowest BCUT2D eigenvalue weighted by molar-refractivity contribution is -0.129. The molecular weight excluding hydrogens is 322 g/mol. The molecule has 130 valence electrons. The number of aromatic nitrogens is 2. The average molecular weight is 341 g/mol. The zero-order chi connectivity index (χ0) is 17.8. The van der Waals surface area contributed by atoms with E-state index in [0.29, 0.717) is 37.7 Å². The lowest BCUT2D eigenvalue weighted by atomic mass is 10.2. The number of para-hydroxylation sites is 1. The highest BCUT2D eigenvalue weighted by Crippen LogP contribution is 2.22. The van der Waals surface area contributed by atoms with E-state index in [9.17, 15) is 14.7 Å². The molecule has 25 heavy (non-hydrogen) atoms. The smallest absolute Gasteiger partial charge is 0.337 e. The van der Waals surface area contributed by atoms with E-state index in [2.05, 4.69) is 20.2 Å². The molecule has 0 atom stereocenters. The standard InChI is InChI=1S/C17H19N5O3/c1-12(23)21-6-8-22(9-7-21)16-10-15(18-11-19-16)20-14-5-3-2-4-13(14)17(24)25/h2-5,10-11H,6-9H2,1H3,(H,24,25)(H,18,19,20). The van der Waals surface area contributed by atoms with Crippen LogP contribution in [0.1, 0.15) is 17.3 Å². The van der Waals surface area contributed by atoms with Crippen LogP contribution >= 0.6 is 0 Å². The fourth-order valence-electron chi connectivity index (χ4n) is 2.76. The maximum absolute atomic E-state index is 11.4. The molecule has 2 N–H and O–H groups in total. The maximum atomic E-state index is 11.4. The van der Waals surface area contributed by atoms with E-state index in [0.717, 1.165) is 5.82 Å². The molecular formula is C17H19N5O3. The lowest BCUT2D eigenvalue weighted by Crippen LogP contribution is -2.48. The molecule has 1 aromatic carbocycles. The van der Waals surface area contributed by atoms with Gasteiger partial charge in [-0.3, -0.25) is 4.79 Å². The molecule has 2 heterocycles. The number of carboxylic acid groups (broad SMARTS) is 1. The molecule has 1 saturated heterocycles. The molecule has 1 aliphatic heterocycles. The molecule has 2 aromatic rings. The topological polar surface area (TPSA) is 98.7 Å². The Morgan fingerprint density at radius 1 is 1.12 bits per heavy atom. The predicted molar refractivity (Wildman–Crippen MR) is 93.2 cm³/mol. The van der Waals surface area contributed by atoms with Gasteiger partial charge in [-0.15, -0.1) is 0 Å². The van der Waals surface area contributed by atoms with Crippen LogP contribution in [0.3, 0.4) is 0 Å². The van der Waals surface area contributed by atoms with Gasteiger partial charge in [0.15, 0.2) is 0 Å². The predicted octanol–water partition coefficient (Wildman–Crippen LogP) is 1.59. The quantitative estimate of drug-likeness (QED) is 0.871. The minimum absolute atomic E-state index is 0.0787. The number of hydrogen-bond donors (Lipinski definition) is 2. The molecule has 0 saturated carbocycles. The van der Waals surface area contributed by atoms with Gasteiger partial charge in [-0.1, -0.05) is 12.1 Å². The number of carbonyl (C=O) groups is 2. The Labute approximate surface area is 145 Å². The number of carboxylic acids is 1. The third kappa shape index (κ3) is 3.85. The Morgan fingerprint density at radius 3 is 2.52 bits per heavy atom.